The van der Waals surface area contributed by atoms with Gasteiger partial charge in [0.05, 0.1) is 19.3 Å². The summed E-state index contributed by atoms with van der Waals surface area (Å²) in [7, 11) is 0. The van der Waals surface area contributed by atoms with Crippen LogP contribution in [0.2, 0.25) is 0 Å². The van der Waals surface area contributed by atoms with Gasteiger partial charge in [-0.3, -0.25) is 4.79 Å². The molecule has 1 fully saturated rings. The lowest BCUT2D eigenvalue weighted by atomic mass is 10.1. The molecule has 0 aliphatic carbocycles. The number of nitrogens with zero attached hydrogens (tertiary/aromatic N) is 1. The van der Waals surface area contributed by atoms with Gasteiger partial charge in [0.1, 0.15) is 0 Å². The minimum atomic E-state index is 0.0606. The quantitative estimate of drug-likeness (QED) is 0.740. The molecule has 0 saturated carbocycles. The van der Waals surface area contributed by atoms with Gasteiger partial charge in [-0.25, -0.2) is 0 Å². The first kappa shape index (κ1) is 12.5. The summed E-state index contributed by atoms with van der Waals surface area (Å²) in [4.78, 5) is 14.0. The van der Waals surface area contributed by atoms with Gasteiger partial charge in [0, 0.05) is 19.0 Å². The lowest BCUT2D eigenvalue weighted by Gasteiger charge is -2.35. The highest BCUT2D eigenvalue weighted by Gasteiger charge is 2.26. The molecule has 0 aromatic rings. The molecule has 2 unspecified atom stereocenters. The van der Waals surface area contributed by atoms with Gasteiger partial charge in [0.25, 0.3) is 0 Å². The van der Waals surface area contributed by atoms with Crippen molar-refractivity contribution >= 4 is 5.91 Å². The molecule has 1 rings (SSSR count). The van der Waals surface area contributed by atoms with Gasteiger partial charge in [-0.2, -0.15) is 0 Å². The Morgan fingerprint density at radius 2 is 2.40 bits per heavy atom. The second-order valence-corrected chi connectivity index (χ2v) is 4.16. The molecule has 1 saturated heterocycles. The third-order valence-corrected chi connectivity index (χ3v) is 2.77. The lowest BCUT2D eigenvalue weighted by molar-refractivity contribution is -0.142. The molecule has 0 aromatic carbocycles. The van der Waals surface area contributed by atoms with Crippen LogP contribution in [0.25, 0.3) is 0 Å². The molecule has 0 radical (unpaired) electrons. The maximum absolute atomic E-state index is 12.0. The van der Waals surface area contributed by atoms with E-state index >= 15 is 0 Å². The number of ether oxygens (including phenoxy) is 1. The Hall–Kier alpha value is -0.610. The number of carbonyl (C=O) groups excluding carboxylic acids is 1. The van der Waals surface area contributed by atoms with Gasteiger partial charge in [-0.1, -0.05) is 13.8 Å². The normalized spacial score (nSPS) is 23.9. The summed E-state index contributed by atoms with van der Waals surface area (Å²) in [6, 6.07) is 0.218. The van der Waals surface area contributed by atoms with Crippen molar-refractivity contribution in [2.24, 2.45) is 5.92 Å². The molecule has 1 amide bonds. The summed E-state index contributed by atoms with van der Waals surface area (Å²) in [5.41, 5.74) is 0. The second-order valence-electron chi connectivity index (χ2n) is 4.16. The Balaban J connectivity index is 2.43. The zero-order valence-corrected chi connectivity index (χ0v) is 9.95. The van der Waals surface area contributed by atoms with Crippen LogP contribution in [-0.4, -0.2) is 49.7 Å². The highest BCUT2D eigenvalue weighted by molar-refractivity contribution is 5.79. The van der Waals surface area contributed by atoms with Gasteiger partial charge in [0.2, 0.25) is 5.91 Å². The number of carbonyl (C=O) groups is 1. The van der Waals surface area contributed by atoms with Crippen LogP contribution in [0.4, 0.5) is 0 Å². The summed E-state index contributed by atoms with van der Waals surface area (Å²) in [6.07, 6.45) is 0. The molecule has 1 heterocycles. The van der Waals surface area contributed by atoms with Crippen molar-refractivity contribution in [3.05, 3.63) is 0 Å². The molecule has 0 spiro atoms. The van der Waals surface area contributed by atoms with Crippen LogP contribution in [0.3, 0.4) is 0 Å². The Bertz CT molecular complexity index is 209. The lowest BCUT2D eigenvalue weighted by Crippen LogP contribution is -2.50. The van der Waals surface area contributed by atoms with Crippen LogP contribution in [0, 0.1) is 5.92 Å². The molecule has 4 nitrogen and oxygen atoms in total. The minimum absolute atomic E-state index is 0.0606. The van der Waals surface area contributed by atoms with Crippen molar-refractivity contribution in [3.63, 3.8) is 0 Å². The maximum atomic E-state index is 12.0. The molecular weight excluding hydrogens is 192 g/mol. The Labute approximate surface area is 92.0 Å². The van der Waals surface area contributed by atoms with Gasteiger partial charge in [0.15, 0.2) is 0 Å². The van der Waals surface area contributed by atoms with Crippen LogP contribution >= 0.6 is 0 Å². The van der Waals surface area contributed by atoms with Crippen molar-refractivity contribution in [3.8, 4) is 0 Å². The van der Waals surface area contributed by atoms with Crippen molar-refractivity contribution in [2.45, 2.75) is 26.8 Å². The second kappa shape index (κ2) is 6.08. The van der Waals surface area contributed by atoms with Crippen molar-refractivity contribution in [2.75, 3.05) is 32.8 Å². The standard InChI is InChI=1S/C11H22N2O2/c1-4-12-7-9(2)11(14)13-5-6-15-8-10(13)3/h9-10,12H,4-8H2,1-3H3. The van der Waals surface area contributed by atoms with Crippen LogP contribution in [-0.2, 0) is 9.53 Å². The molecule has 88 valence electrons. The van der Waals surface area contributed by atoms with E-state index in [1.54, 1.807) is 0 Å². The largest absolute Gasteiger partial charge is 0.377 e. The van der Waals surface area contributed by atoms with Gasteiger partial charge in [-0.05, 0) is 13.5 Å². The predicted molar refractivity (Wildman–Crippen MR) is 59.7 cm³/mol. The molecule has 0 aromatic heterocycles. The summed E-state index contributed by atoms with van der Waals surface area (Å²) >= 11 is 0. The predicted octanol–water partition coefficient (Wildman–Crippen LogP) is 0.479. The van der Waals surface area contributed by atoms with E-state index in [-0.39, 0.29) is 17.9 Å². The van der Waals surface area contributed by atoms with E-state index in [4.69, 9.17) is 4.74 Å². The zero-order valence-electron chi connectivity index (χ0n) is 9.95. The van der Waals surface area contributed by atoms with Crippen molar-refractivity contribution in [1.82, 2.24) is 10.2 Å². The average Bonchev–Trinajstić information content (AvgIpc) is 2.25. The molecule has 4 heteroatoms. The number of hydrogen-bond donors (Lipinski definition) is 1. The van der Waals surface area contributed by atoms with E-state index in [2.05, 4.69) is 12.2 Å². The number of morpholine rings is 1. The van der Waals surface area contributed by atoms with Crippen LogP contribution in [0.5, 0.6) is 0 Å². The topological polar surface area (TPSA) is 41.6 Å². The number of amides is 1. The maximum Gasteiger partial charge on any atom is 0.227 e. The summed E-state index contributed by atoms with van der Waals surface area (Å²) in [5.74, 6) is 0.303. The van der Waals surface area contributed by atoms with E-state index in [0.717, 1.165) is 19.6 Å². The minimum Gasteiger partial charge on any atom is -0.377 e. The summed E-state index contributed by atoms with van der Waals surface area (Å²) < 4.78 is 5.31. The van der Waals surface area contributed by atoms with E-state index in [1.807, 2.05) is 18.7 Å². The highest BCUT2D eigenvalue weighted by Crippen LogP contribution is 2.10. The summed E-state index contributed by atoms with van der Waals surface area (Å²) in [5, 5.41) is 3.20. The number of nitrogens with one attached hydrogen (secondary N) is 1. The van der Waals surface area contributed by atoms with Crippen LogP contribution in [0.1, 0.15) is 20.8 Å². The fourth-order valence-electron chi connectivity index (χ4n) is 1.79. The number of hydrogen-bond acceptors (Lipinski definition) is 3. The molecule has 15 heavy (non-hydrogen) atoms. The van der Waals surface area contributed by atoms with Gasteiger partial charge < -0.3 is 15.0 Å². The molecule has 2 atom stereocenters. The van der Waals surface area contributed by atoms with Crippen molar-refractivity contribution in [1.29, 1.82) is 0 Å². The highest BCUT2D eigenvalue weighted by atomic mass is 16.5. The first-order chi connectivity index (χ1) is 7.16. The smallest absolute Gasteiger partial charge is 0.227 e. The van der Waals surface area contributed by atoms with E-state index in [1.165, 1.54) is 0 Å². The monoisotopic (exact) mass is 214 g/mol. The van der Waals surface area contributed by atoms with Crippen LogP contribution < -0.4 is 5.32 Å². The average molecular weight is 214 g/mol. The van der Waals surface area contributed by atoms with Gasteiger partial charge in [-0.15, -0.1) is 0 Å². The van der Waals surface area contributed by atoms with Crippen LogP contribution in [0.15, 0.2) is 0 Å². The molecule has 1 N–H and O–H groups in total. The third-order valence-electron chi connectivity index (χ3n) is 2.77. The third kappa shape index (κ3) is 3.47. The zero-order chi connectivity index (χ0) is 11.3. The van der Waals surface area contributed by atoms with E-state index in [0.29, 0.717) is 13.2 Å². The molecular formula is C11H22N2O2. The van der Waals surface area contributed by atoms with Crippen molar-refractivity contribution < 1.29 is 9.53 Å². The first-order valence-electron chi connectivity index (χ1n) is 5.75. The fourth-order valence-corrected chi connectivity index (χ4v) is 1.79. The first-order valence-corrected chi connectivity index (χ1v) is 5.75. The van der Waals surface area contributed by atoms with Gasteiger partial charge >= 0.3 is 0 Å². The van der Waals surface area contributed by atoms with E-state index < -0.39 is 0 Å². The Kier molecular flexibility index (Phi) is 5.05. The SMILES string of the molecule is CCNCC(C)C(=O)N1CCOCC1C. The van der Waals surface area contributed by atoms with E-state index in [9.17, 15) is 4.79 Å². The molecule has 1 aliphatic rings. The number of rotatable bonds is 4. The Morgan fingerprint density at radius 3 is 3.00 bits per heavy atom. The Morgan fingerprint density at radius 1 is 1.67 bits per heavy atom. The summed E-state index contributed by atoms with van der Waals surface area (Å²) in [6.45, 7) is 9.81. The fraction of sp³-hybridized carbons (Fsp3) is 0.909. The molecule has 1 aliphatic heterocycles. The molecule has 0 bridgehead atoms.